The molecule has 3 rings (SSSR count). The molecule has 40 heavy (non-hydrogen) atoms. The van der Waals surface area contributed by atoms with Crippen LogP contribution in [0.25, 0.3) is 0 Å². The number of hydrogen-bond donors (Lipinski definition) is 6. The highest BCUT2D eigenvalue weighted by atomic mass is 32.1. The highest BCUT2D eigenvalue weighted by Crippen LogP contribution is 2.08. The average Bonchev–Trinajstić information content (AvgIpc) is 2.96. The van der Waals surface area contributed by atoms with E-state index in [1.165, 1.54) is 0 Å². The van der Waals surface area contributed by atoms with E-state index in [0.717, 1.165) is 16.7 Å². The Morgan fingerprint density at radius 1 is 0.600 bits per heavy atom. The number of carboxylic acid groups (broad SMARTS) is 1. The number of hydrogen-bond acceptors (Lipinski definition) is 6. The summed E-state index contributed by atoms with van der Waals surface area (Å²) in [6.45, 7) is 0. The minimum Gasteiger partial charge on any atom is -0.480 e. The van der Waals surface area contributed by atoms with Crippen LogP contribution in [0.15, 0.2) is 91.0 Å². The van der Waals surface area contributed by atoms with Gasteiger partial charge in [-0.05, 0) is 23.1 Å². The maximum absolute atomic E-state index is 13.4. The summed E-state index contributed by atoms with van der Waals surface area (Å²) in [5.41, 5.74) is 8.54. The lowest BCUT2D eigenvalue weighted by atomic mass is 10.0. The summed E-state index contributed by atoms with van der Waals surface area (Å²) in [6.07, 6.45) is 0.510. The second-order valence-corrected chi connectivity index (χ2v) is 9.75. The number of benzene rings is 3. The molecule has 0 bridgehead atoms. The number of carboxylic acids is 1. The van der Waals surface area contributed by atoms with Crippen molar-refractivity contribution in [1.82, 2.24) is 16.0 Å². The molecule has 9 nitrogen and oxygen atoms in total. The minimum atomic E-state index is -1.21. The minimum absolute atomic E-state index is 0.0706. The van der Waals surface area contributed by atoms with Crippen molar-refractivity contribution in [2.45, 2.75) is 43.4 Å². The fourth-order valence-corrected chi connectivity index (χ4v) is 4.34. The quantitative estimate of drug-likeness (QED) is 0.164. The van der Waals surface area contributed by atoms with Crippen LogP contribution in [0, 0.1) is 0 Å². The standard InChI is InChI=1S/C30H34N4O5S/c31-23(16-20-10-4-1-5-11-20)27(35)32-24(17-21-12-6-2-7-13-21)28(36)34-26(19-40)29(37)33-25(30(38)39)18-22-14-8-3-9-15-22/h1-15,23-26,40H,16-19,31H2,(H,32,35)(H,33,37)(H,34,36)(H,38,39). The van der Waals surface area contributed by atoms with Crippen molar-refractivity contribution >= 4 is 36.3 Å². The summed E-state index contributed by atoms with van der Waals surface area (Å²) in [4.78, 5) is 51.1. The van der Waals surface area contributed by atoms with Crippen molar-refractivity contribution in [3.8, 4) is 0 Å². The number of nitrogens with two attached hydrogens (primary N) is 1. The Balaban J connectivity index is 1.69. The molecular weight excluding hydrogens is 528 g/mol. The van der Waals surface area contributed by atoms with Crippen molar-refractivity contribution in [1.29, 1.82) is 0 Å². The van der Waals surface area contributed by atoms with Gasteiger partial charge < -0.3 is 26.8 Å². The van der Waals surface area contributed by atoms with Gasteiger partial charge in [-0.25, -0.2) is 4.79 Å². The zero-order valence-electron chi connectivity index (χ0n) is 21.9. The summed E-state index contributed by atoms with van der Waals surface area (Å²) >= 11 is 4.20. The third-order valence-corrected chi connectivity index (χ3v) is 6.63. The molecule has 10 heteroatoms. The number of thiol groups is 1. The SMILES string of the molecule is NC(Cc1ccccc1)C(=O)NC(Cc1ccccc1)C(=O)NC(CS)C(=O)NC(Cc1ccccc1)C(=O)O. The van der Waals surface area contributed by atoms with Gasteiger partial charge in [0.05, 0.1) is 6.04 Å². The highest BCUT2D eigenvalue weighted by molar-refractivity contribution is 7.80. The Labute approximate surface area is 239 Å². The molecule has 6 N–H and O–H groups in total. The molecule has 4 atom stereocenters. The molecule has 0 aliphatic heterocycles. The lowest BCUT2D eigenvalue weighted by molar-refractivity contribution is -0.142. The normalized spacial score (nSPS) is 13.8. The first-order valence-corrected chi connectivity index (χ1v) is 13.5. The summed E-state index contributed by atoms with van der Waals surface area (Å²) in [5.74, 6) is -3.12. The first kappa shape index (κ1) is 30.4. The van der Waals surface area contributed by atoms with Crippen LogP contribution in [0.4, 0.5) is 0 Å². The first-order chi connectivity index (χ1) is 19.3. The van der Waals surface area contributed by atoms with E-state index in [2.05, 4.69) is 28.6 Å². The van der Waals surface area contributed by atoms with Crippen LogP contribution >= 0.6 is 12.6 Å². The molecule has 0 saturated heterocycles. The maximum atomic E-state index is 13.4. The Hall–Kier alpha value is -4.15. The van der Waals surface area contributed by atoms with Crippen LogP contribution in [0.1, 0.15) is 16.7 Å². The Bertz CT molecular complexity index is 1260. The van der Waals surface area contributed by atoms with E-state index in [1.54, 1.807) is 24.3 Å². The van der Waals surface area contributed by atoms with Gasteiger partial charge in [-0.15, -0.1) is 0 Å². The first-order valence-electron chi connectivity index (χ1n) is 12.9. The van der Waals surface area contributed by atoms with E-state index in [9.17, 15) is 24.3 Å². The van der Waals surface area contributed by atoms with Gasteiger partial charge in [0.15, 0.2) is 0 Å². The zero-order valence-corrected chi connectivity index (χ0v) is 22.8. The number of amides is 3. The predicted octanol–water partition coefficient (Wildman–Crippen LogP) is 1.51. The van der Waals surface area contributed by atoms with Crippen molar-refractivity contribution in [2.24, 2.45) is 5.73 Å². The fraction of sp³-hybridized carbons (Fsp3) is 0.267. The summed E-state index contributed by atoms with van der Waals surface area (Å²) < 4.78 is 0. The van der Waals surface area contributed by atoms with Crippen LogP contribution in [-0.4, -0.2) is 58.7 Å². The molecule has 0 heterocycles. The highest BCUT2D eigenvalue weighted by Gasteiger charge is 2.30. The van der Waals surface area contributed by atoms with Crippen LogP contribution < -0.4 is 21.7 Å². The average molecular weight is 563 g/mol. The molecule has 0 fully saturated rings. The van der Waals surface area contributed by atoms with Crippen LogP contribution in [0.2, 0.25) is 0 Å². The van der Waals surface area contributed by atoms with E-state index in [0.29, 0.717) is 0 Å². The van der Waals surface area contributed by atoms with E-state index < -0.39 is 47.9 Å². The fourth-order valence-electron chi connectivity index (χ4n) is 4.09. The van der Waals surface area contributed by atoms with E-state index in [4.69, 9.17) is 5.73 Å². The number of carbonyl (C=O) groups excluding carboxylic acids is 3. The lowest BCUT2D eigenvalue weighted by Gasteiger charge is -2.24. The summed E-state index contributed by atoms with van der Waals surface area (Å²) in [5, 5.41) is 17.5. The molecule has 0 saturated carbocycles. The second kappa shape index (κ2) is 15.4. The Morgan fingerprint density at radius 3 is 1.43 bits per heavy atom. The van der Waals surface area contributed by atoms with Gasteiger partial charge in [0.2, 0.25) is 17.7 Å². The van der Waals surface area contributed by atoms with Crippen LogP contribution in [0.3, 0.4) is 0 Å². The molecule has 0 aliphatic carbocycles. The smallest absolute Gasteiger partial charge is 0.326 e. The van der Waals surface area contributed by atoms with Gasteiger partial charge in [-0.3, -0.25) is 14.4 Å². The van der Waals surface area contributed by atoms with Crippen molar-refractivity contribution in [3.05, 3.63) is 108 Å². The van der Waals surface area contributed by atoms with Crippen LogP contribution in [0.5, 0.6) is 0 Å². The van der Waals surface area contributed by atoms with E-state index >= 15 is 0 Å². The van der Waals surface area contributed by atoms with E-state index in [1.807, 2.05) is 66.7 Å². The van der Waals surface area contributed by atoms with Crippen molar-refractivity contribution in [3.63, 3.8) is 0 Å². The van der Waals surface area contributed by atoms with Gasteiger partial charge in [0.1, 0.15) is 18.1 Å². The second-order valence-electron chi connectivity index (χ2n) is 9.38. The van der Waals surface area contributed by atoms with Gasteiger partial charge >= 0.3 is 5.97 Å². The summed E-state index contributed by atoms with van der Waals surface area (Å²) in [6, 6.07) is 23.0. The van der Waals surface area contributed by atoms with Gasteiger partial charge in [-0.1, -0.05) is 91.0 Å². The molecular formula is C30H34N4O5S. The number of carbonyl (C=O) groups is 4. The molecule has 3 aromatic carbocycles. The van der Waals surface area contributed by atoms with Gasteiger partial charge in [0, 0.05) is 18.6 Å². The van der Waals surface area contributed by atoms with Crippen molar-refractivity contribution < 1.29 is 24.3 Å². The Kier molecular flexibility index (Phi) is 11.7. The van der Waals surface area contributed by atoms with Gasteiger partial charge in [0.25, 0.3) is 0 Å². The third-order valence-electron chi connectivity index (χ3n) is 6.26. The monoisotopic (exact) mass is 562 g/mol. The molecule has 0 aromatic heterocycles. The predicted molar refractivity (Wildman–Crippen MR) is 156 cm³/mol. The maximum Gasteiger partial charge on any atom is 0.326 e. The van der Waals surface area contributed by atoms with Crippen LogP contribution in [-0.2, 0) is 38.4 Å². The van der Waals surface area contributed by atoms with E-state index in [-0.39, 0.29) is 25.0 Å². The molecule has 4 unspecified atom stereocenters. The topological polar surface area (TPSA) is 151 Å². The molecule has 210 valence electrons. The molecule has 3 aromatic rings. The molecule has 0 aliphatic rings. The largest absolute Gasteiger partial charge is 0.480 e. The number of rotatable bonds is 14. The number of aliphatic carboxylic acids is 1. The lowest BCUT2D eigenvalue weighted by Crippen LogP contribution is -2.58. The van der Waals surface area contributed by atoms with Crippen molar-refractivity contribution in [2.75, 3.05) is 5.75 Å². The Morgan fingerprint density at radius 2 is 0.975 bits per heavy atom. The third kappa shape index (κ3) is 9.55. The molecule has 3 amide bonds. The van der Waals surface area contributed by atoms with Gasteiger partial charge in [-0.2, -0.15) is 12.6 Å². The zero-order chi connectivity index (χ0) is 28.9. The number of nitrogens with one attached hydrogen (secondary N) is 3. The summed E-state index contributed by atoms with van der Waals surface area (Å²) in [7, 11) is 0. The molecule has 0 spiro atoms. The molecule has 0 radical (unpaired) electrons.